The van der Waals surface area contributed by atoms with Crippen LogP contribution in [0.25, 0.3) is 0 Å². The Kier molecular flexibility index (Phi) is 3.56. The lowest BCUT2D eigenvalue weighted by Crippen LogP contribution is -2.32. The summed E-state index contributed by atoms with van der Waals surface area (Å²) in [6.45, 7) is 1.06. The summed E-state index contributed by atoms with van der Waals surface area (Å²) in [7, 11) is -0.907. The molecule has 0 radical (unpaired) electrons. The van der Waals surface area contributed by atoms with Crippen LogP contribution in [0.5, 0.6) is 0 Å². The van der Waals surface area contributed by atoms with E-state index in [0.717, 1.165) is 11.3 Å². The third kappa shape index (κ3) is 2.88. The molecule has 5 nitrogen and oxygen atoms in total. The minimum absolute atomic E-state index is 0.0933. The Hall–Kier alpha value is -0.850. The van der Waals surface area contributed by atoms with Gasteiger partial charge in [0, 0.05) is 18.2 Å². The van der Waals surface area contributed by atoms with Gasteiger partial charge in [-0.2, -0.15) is 0 Å². The van der Waals surface area contributed by atoms with Crippen molar-refractivity contribution in [3.63, 3.8) is 0 Å². The summed E-state index contributed by atoms with van der Waals surface area (Å²) in [5, 5.41) is 0. The molecule has 1 unspecified atom stereocenters. The normalized spacial score (nSPS) is 23.4. The fourth-order valence-corrected chi connectivity index (χ4v) is 3.97. The van der Waals surface area contributed by atoms with Crippen LogP contribution in [0.15, 0.2) is 16.7 Å². The SMILES string of the molecule is CN(Cc1occc1CN)C1CCS(=O)(=O)C1. The molecule has 1 fully saturated rings. The summed E-state index contributed by atoms with van der Waals surface area (Å²) >= 11 is 0. The number of hydrogen-bond donors (Lipinski definition) is 1. The first-order valence-electron chi connectivity index (χ1n) is 5.68. The molecule has 0 bridgehead atoms. The minimum atomic E-state index is -2.83. The molecule has 1 aromatic rings. The van der Waals surface area contributed by atoms with E-state index in [1.54, 1.807) is 6.26 Å². The second-order valence-electron chi connectivity index (χ2n) is 4.55. The summed E-state index contributed by atoms with van der Waals surface area (Å²) in [5.41, 5.74) is 6.58. The lowest BCUT2D eigenvalue weighted by molar-refractivity contribution is 0.232. The number of nitrogens with zero attached hydrogens (tertiary/aromatic N) is 1. The predicted molar refractivity (Wildman–Crippen MR) is 65.1 cm³/mol. The fourth-order valence-electron chi connectivity index (χ4n) is 2.17. The van der Waals surface area contributed by atoms with E-state index < -0.39 is 9.84 Å². The molecule has 6 heteroatoms. The molecule has 1 aliphatic heterocycles. The number of hydrogen-bond acceptors (Lipinski definition) is 5. The first-order chi connectivity index (χ1) is 8.02. The molecule has 2 rings (SSSR count). The molecular formula is C11H18N2O3S. The quantitative estimate of drug-likeness (QED) is 0.843. The lowest BCUT2D eigenvalue weighted by atomic mass is 10.2. The maximum atomic E-state index is 11.4. The van der Waals surface area contributed by atoms with E-state index >= 15 is 0 Å². The molecule has 17 heavy (non-hydrogen) atoms. The molecule has 1 atom stereocenters. The summed E-state index contributed by atoms with van der Waals surface area (Å²) in [6.07, 6.45) is 2.33. The van der Waals surface area contributed by atoms with Gasteiger partial charge >= 0.3 is 0 Å². The van der Waals surface area contributed by atoms with Gasteiger partial charge in [0.1, 0.15) is 5.76 Å². The highest BCUT2D eigenvalue weighted by Gasteiger charge is 2.31. The predicted octanol–water partition coefficient (Wildman–Crippen LogP) is 0.357. The van der Waals surface area contributed by atoms with Gasteiger partial charge in [-0.05, 0) is 19.5 Å². The van der Waals surface area contributed by atoms with Crippen molar-refractivity contribution < 1.29 is 12.8 Å². The van der Waals surface area contributed by atoms with Gasteiger partial charge in [-0.1, -0.05) is 0 Å². The maximum Gasteiger partial charge on any atom is 0.151 e. The zero-order valence-corrected chi connectivity index (χ0v) is 10.7. The topological polar surface area (TPSA) is 76.5 Å². The third-order valence-corrected chi connectivity index (χ3v) is 5.03. The van der Waals surface area contributed by atoms with Crippen LogP contribution in [0.1, 0.15) is 17.7 Å². The van der Waals surface area contributed by atoms with Gasteiger partial charge in [-0.15, -0.1) is 0 Å². The smallest absolute Gasteiger partial charge is 0.151 e. The van der Waals surface area contributed by atoms with E-state index in [9.17, 15) is 8.42 Å². The van der Waals surface area contributed by atoms with Crippen molar-refractivity contribution in [2.45, 2.75) is 25.6 Å². The van der Waals surface area contributed by atoms with Crippen LogP contribution in [0.3, 0.4) is 0 Å². The monoisotopic (exact) mass is 258 g/mol. The molecule has 1 aromatic heterocycles. The van der Waals surface area contributed by atoms with Crippen molar-refractivity contribution in [3.8, 4) is 0 Å². The van der Waals surface area contributed by atoms with E-state index in [2.05, 4.69) is 0 Å². The van der Waals surface area contributed by atoms with Gasteiger partial charge < -0.3 is 10.2 Å². The fraction of sp³-hybridized carbons (Fsp3) is 0.636. The average molecular weight is 258 g/mol. The van der Waals surface area contributed by atoms with Gasteiger partial charge in [-0.3, -0.25) is 4.90 Å². The van der Waals surface area contributed by atoms with E-state index in [0.29, 0.717) is 25.3 Å². The van der Waals surface area contributed by atoms with Crippen LogP contribution in [0.2, 0.25) is 0 Å². The Bertz CT molecular complexity index is 481. The van der Waals surface area contributed by atoms with Gasteiger partial charge in [0.15, 0.2) is 9.84 Å². The highest BCUT2D eigenvalue weighted by Crippen LogP contribution is 2.20. The minimum Gasteiger partial charge on any atom is -0.468 e. The van der Waals surface area contributed by atoms with E-state index in [1.165, 1.54) is 0 Å². The van der Waals surface area contributed by atoms with Gasteiger partial charge in [-0.25, -0.2) is 8.42 Å². The number of nitrogens with two attached hydrogens (primary N) is 1. The second-order valence-corrected chi connectivity index (χ2v) is 6.77. The number of sulfone groups is 1. The highest BCUT2D eigenvalue weighted by molar-refractivity contribution is 7.91. The first-order valence-corrected chi connectivity index (χ1v) is 7.50. The average Bonchev–Trinajstić information content (AvgIpc) is 2.84. The second kappa shape index (κ2) is 4.80. The van der Waals surface area contributed by atoms with Gasteiger partial charge in [0.05, 0.1) is 24.3 Å². The molecule has 1 saturated heterocycles. The van der Waals surface area contributed by atoms with E-state index in [4.69, 9.17) is 10.2 Å². The summed E-state index contributed by atoms with van der Waals surface area (Å²) in [4.78, 5) is 2.03. The first kappa shape index (κ1) is 12.6. The summed E-state index contributed by atoms with van der Waals surface area (Å²) in [6, 6.07) is 1.95. The van der Waals surface area contributed by atoms with E-state index in [1.807, 2.05) is 18.0 Å². The summed E-state index contributed by atoms with van der Waals surface area (Å²) < 4.78 is 28.2. The Morgan fingerprint density at radius 3 is 2.94 bits per heavy atom. The number of rotatable bonds is 4. The maximum absolute atomic E-state index is 11.4. The molecule has 96 valence electrons. The van der Waals surface area contributed by atoms with Crippen LogP contribution in [-0.2, 0) is 22.9 Å². The van der Waals surface area contributed by atoms with Crippen LogP contribution in [-0.4, -0.2) is 37.9 Å². The molecule has 1 aliphatic rings. The Labute approximate surface area is 101 Å². The van der Waals surface area contributed by atoms with Crippen molar-refractivity contribution in [1.82, 2.24) is 4.90 Å². The third-order valence-electron chi connectivity index (χ3n) is 3.28. The van der Waals surface area contributed by atoms with E-state index in [-0.39, 0.29) is 11.8 Å². The van der Waals surface area contributed by atoms with Crippen LogP contribution in [0, 0.1) is 0 Å². The van der Waals surface area contributed by atoms with Crippen molar-refractivity contribution in [1.29, 1.82) is 0 Å². The van der Waals surface area contributed by atoms with Crippen LogP contribution in [0.4, 0.5) is 0 Å². The zero-order valence-electron chi connectivity index (χ0n) is 9.93. The molecule has 2 N–H and O–H groups in total. The van der Waals surface area contributed by atoms with Crippen LogP contribution >= 0.6 is 0 Å². The largest absolute Gasteiger partial charge is 0.468 e. The van der Waals surface area contributed by atoms with Gasteiger partial charge in [0.25, 0.3) is 0 Å². The molecule has 0 aromatic carbocycles. The standard InChI is InChI=1S/C11H18N2O3S/c1-13(10-3-5-17(14,15)8-10)7-11-9(6-12)2-4-16-11/h2,4,10H,3,5-8,12H2,1H3. The zero-order chi connectivity index (χ0) is 12.5. The molecule has 0 aliphatic carbocycles. The molecule has 0 saturated carbocycles. The molecule has 2 heterocycles. The Morgan fingerprint density at radius 1 is 1.59 bits per heavy atom. The summed E-state index contributed by atoms with van der Waals surface area (Å²) in [5.74, 6) is 1.38. The van der Waals surface area contributed by atoms with Crippen molar-refractivity contribution in [2.75, 3.05) is 18.6 Å². The van der Waals surface area contributed by atoms with Crippen molar-refractivity contribution >= 4 is 9.84 Å². The molecule has 0 amide bonds. The van der Waals surface area contributed by atoms with Crippen LogP contribution < -0.4 is 5.73 Å². The number of furan rings is 1. The highest BCUT2D eigenvalue weighted by atomic mass is 32.2. The molecule has 0 spiro atoms. The Morgan fingerprint density at radius 2 is 2.35 bits per heavy atom. The Balaban J connectivity index is 2.00. The molecular weight excluding hydrogens is 240 g/mol. The van der Waals surface area contributed by atoms with Crippen molar-refractivity contribution in [2.24, 2.45) is 5.73 Å². The van der Waals surface area contributed by atoms with Crippen molar-refractivity contribution in [3.05, 3.63) is 23.7 Å². The lowest BCUT2D eigenvalue weighted by Gasteiger charge is -2.22. The van der Waals surface area contributed by atoms with Gasteiger partial charge in [0.2, 0.25) is 0 Å².